The van der Waals surface area contributed by atoms with Gasteiger partial charge in [-0.1, -0.05) is 41.9 Å². The number of esters is 1. The minimum Gasteiger partial charge on any atom is -0.461 e. The summed E-state index contributed by atoms with van der Waals surface area (Å²) in [5, 5.41) is 0.363. The van der Waals surface area contributed by atoms with Crippen LogP contribution in [0.15, 0.2) is 59.5 Å². The van der Waals surface area contributed by atoms with Crippen molar-refractivity contribution in [1.29, 1.82) is 0 Å². The van der Waals surface area contributed by atoms with Gasteiger partial charge in [0.15, 0.2) is 0 Å². The summed E-state index contributed by atoms with van der Waals surface area (Å²) in [6.07, 6.45) is 0. The lowest BCUT2D eigenvalue weighted by Gasteiger charge is -2.33. The van der Waals surface area contributed by atoms with Gasteiger partial charge in [0, 0.05) is 32.7 Å². The molecule has 0 N–H and O–H groups in total. The molecule has 0 bridgehead atoms. The average Bonchev–Trinajstić information content (AvgIpc) is 2.69. The van der Waals surface area contributed by atoms with Crippen LogP contribution in [0.3, 0.4) is 0 Å². The molecule has 0 aliphatic carbocycles. The van der Waals surface area contributed by atoms with E-state index in [9.17, 15) is 13.2 Å². The normalized spacial score (nSPS) is 16.2. The molecule has 0 atom stereocenters. The zero-order valence-electron chi connectivity index (χ0n) is 14.8. The van der Waals surface area contributed by atoms with Crippen molar-refractivity contribution in [1.82, 2.24) is 9.21 Å². The first kappa shape index (κ1) is 19.8. The van der Waals surface area contributed by atoms with Crippen molar-refractivity contribution in [3.63, 3.8) is 0 Å². The standard InChI is InChI=1S/C19H21ClN2O4S/c20-18-9-5-4-8-17(18)19(23)26-15-14-21-10-12-22(13-11-21)27(24,25)16-6-2-1-3-7-16/h1-9H,10-15H2. The van der Waals surface area contributed by atoms with E-state index in [0.717, 1.165) is 0 Å². The molecule has 2 aromatic carbocycles. The SMILES string of the molecule is O=C(OCCN1CCN(S(=O)(=O)c2ccccc2)CC1)c1ccccc1Cl. The summed E-state index contributed by atoms with van der Waals surface area (Å²) in [5.41, 5.74) is 0.345. The van der Waals surface area contributed by atoms with Crippen LogP contribution in [0.1, 0.15) is 10.4 Å². The van der Waals surface area contributed by atoms with E-state index in [1.54, 1.807) is 54.6 Å². The van der Waals surface area contributed by atoms with Gasteiger partial charge in [-0.2, -0.15) is 4.31 Å². The number of sulfonamides is 1. The van der Waals surface area contributed by atoms with E-state index in [1.165, 1.54) is 4.31 Å². The summed E-state index contributed by atoms with van der Waals surface area (Å²) in [5.74, 6) is -0.453. The minimum absolute atomic E-state index is 0.232. The molecular weight excluding hydrogens is 388 g/mol. The Morgan fingerprint density at radius 1 is 0.963 bits per heavy atom. The second-order valence-electron chi connectivity index (χ2n) is 6.17. The van der Waals surface area contributed by atoms with Crippen molar-refractivity contribution in [2.75, 3.05) is 39.3 Å². The van der Waals surface area contributed by atoms with E-state index >= 15 is 0 Å². The maximum Gasteiger partial charge on any atom is 0.339 e. The van der Waals surface area contributed by atoms with Crippen molar-refractivity contribution >= 4 is 27.6 Å². The maximum atomic E-state index is 12.6. The number of hydrogen-bond donors (Lipinski definition) is 0. The summed E-state index contributed by atoms with van der Waals surface area (Å²) in [7, 11) is -3.45. The Morgan fingerprint density at radius 3 is 2.26 bits per heavy atom. The van der Waals surface area contributed by atoms with Gasteiger partial charge in [-0.05, 0) is 24.3 Å². The number of hydrogen-bond acceptors (Lipinski definition) is 5. The van der Waals surface area contributed by atoms with Gasteiger partial charge in [0.05, 0.1) is 15.5 Å². The van der Waals surface area contributed by atoms with Gasteiger partial charge in [0.25, 0.3) is 0 Å². The minimum atomic E-state index is -3.45. The molecule has 144 valence electrons. The van der Waals surface area contributed by atoms with Gasteiger partial charge in [-0.25, -0.2) is 13.2 Å². The molecular formula is C19H21ClN2O4S. The molecule has 2 aromatic rings. The van der Waals surface area contributed by atoms with Crippen molar-refractivity contribution in [2.45, 2.75) is 4.90 Å². The van der Waals surface area contributed by atoms with Crippen LogP contribution in [0, 0.1) is 0 Å². The Kier molecular flexibility index (Phi) is 6.49. The fourth-order valence-corrected chi connectivity index (χ4v) is 4.56. The van der Waals surface area contributed by atoms with E-state index < -0.39 is 16.0 Å². The monoisotopic (exact) mass is 408 g/mol. The van der Waals surface area contributed by atoms with Gasteiger partial charge in [0.1, 0.15) is 6.61 Å². The molecule has 0 spiro atoms. The highest BCUT2D eigenvalue weighted by Gasteiger charge is 2.28. The molecule has 27 heavy (non-hydrogen) atoms. The Morgan fingerprint density at radius 2 is 1.59 bits per heavy atom. The fourth-order valence-electron chi connectivity index (χ4n) is 2.91. The zero-order chi connectivity index (χ0) is 19.3. The molecule has 1 aliphatic heterocycles. The number of rotatable bonds is 6. The van der Waals surface area contributed by atoms with E-state index in [-0.39, 0.29) is 6.61 Å². The van der Waals surface area contributed by atoms with Crippen LogP contribution in [-0.2, 0) is 14.8 Å². The van der Waals surface area contributed by atoms with Crippen molar-refractivity contribution in [2.24, 2.45) is 0 Å². The Bertz CT molecular complexity index is 882. The lowest BCUT2D eigenvalue weighted by molar-refractivity contribution is 0.0445. The third-order valence-electron chi connectivity index (χ3n) is 4.45. The summed E-state index contributed by atoms with van der Waals surface area (Å²) >= 11 is 5.98. The smallest absolute Gasteiger partial charge is 0.339 e. The van der Waals surface area contributed by atoms with Crippen LogP contribution >= 0.6 is 11.6 Å². The Labute approximate surface area is 164 Å². The van der Waals surface area contributed by atoms with Gasteiger partial charge in [-0.3, -0.25) is 4.90 Å². The van der Waals surface area contributed by atoms with Crippen molar-refractivity contribution in [3.8, 4) is 0 Å². The molecule has 1 fully saturated rings. The highest BCUT2D eigenvalue weighted by Crippen LogP contribution is 2.18. The van der Waals surface area contributed by atoms with Gasteiger partial charge in [-0.15, -0.1) is 0 Å². The number of carbonyl (C=O) groups excluding carboxylic acids is 1. The first-order chi connectivity index (χ1) is 13.0. The lowest BCUT2D eigenvalue weighted by Crippen LogP contribution is -2.49. The summed E-state index contributed by atoms with van der Waals surface area (Å²) < 4.78 is 32.0. The summed E-state index contributed by atoms with van der Waals surface area (Å²) in [6, 6.07) is 15.2. The lowest BCUT2D eigenvalue weighted by atomic mass is 10.2. The molecule has 3 rings (SSSR count). The third kappa shape index (κ3) is 4.87. The molecule has 6 nitrogen and oxygen atoms in total. The van der Waals surface area contributed by atoms with Crippen LogP contribution in [0.5, 0.6) is 0 Å². The molecule has 0 unspecified atom stereocenters. The van der Waals surface area contributed by atoms with Crippen LogP contribution in [-0.4, -0.2) is 62.9 Å². The quantitative estimate of drug-likeness (QED) is 0.687. The Balaban J connectivity index is 1.46. The molecule has 1 aliphatic rings. The zero-order valence-corrected chi connectivity index (χ0v) is 16.3. The third-order valence-corrected chi connectivity index (χ3v) is 6.69. The molecule has 0 amide bonds. The van der Waals surface area contributed by atoms with Crippen molar-refractivity contribution < 1.29 is 17.9 Å². The highest BCUT2D eigenvalue weighted by atomic mass is 35.5. The predicted octanol–water partition coefficient (Wildman–Crippen LogP) is 2.50. The molecule has 0 radical (unpaired) electrons. The van der Waals surface area contributed by atoms with Crippen LogP contribution < -0.4 is 0 Å². The number of ether oxygens (including phenoxy) is 1. The van der Waals surface area contributed by atoms with Gasteiger partial charge in [0.2, 0.25) is 10.0 Å². The molecule has 8 heteroatoms. The second kappa shape index (κ2) is 8.84. The molecule has 1 saturated heterocycles. The first-order valence-electron chi connectivity index (χ1n) is 8.68. The van der Waals surface area contributed by atoms with Gasteiger partial charge < -0.3 is 4.74 Å². The van der Waals surface area contributed by atoms with Crippen LogP contribution in [0.2, 0.25) is 5.02 Å². The number of piperazine rings is 1. The first-order valence-corrected chi connectivity index (χ1v) is 10.5. The van der Waals surface area contributed by atoms with Gasteiger partial charge >= 0.3 is 5.97 Å². The summed E-state index contributed by atoms with van der Waals surface area (Å²) in [6.45, 7) is 2.79. The molecule has 0 aromatic heterocycles. The second-order valence-corrected chi connectivity index (χ2v) is 8.52. The summed E-state index contributed by atoms with van der Waals surface area (Å²) in [4.78, 5) is 14.4. The average molecular weight is 409 g/mol. The number of carbonyl (C=O) groups is 1. The maximum absolute atomic E-state index is 12.6. The number of nitrogens with zero attached hydrogens (tertiary/aromatic N) is 2. The number of benzene rings is 2. The van der Waals surface area contributed by atoms with E-state index in [2.05, 4.69) is 4.90 Å². The van der Waals surface area contributed by atoms with Crippen LogP contribution in [0.25, 0.3) is 0 Å². The van der Waals surface area contributed by atoms with E-state index in [0.29, 0.717) is 48.2 Å². The van der Waals surface area contributed by atoms with Crippen LogP contribution in [0.4, 0.5) is 0 Å². The number of halogens is 1. The molecule has 1 heterocycles. The topological polar surface area (TPSA) is 66.9 Å². The Hall–Kier alpha value is -1.93. The highest BCUT2D eigenvalue weighted by molar-refractivity contribution is 7.89. The predicted molar refractivity (Wildman–Crippen MR) is 103 cm³/mol. The van der Waals surface area contributed by atoms with Crippen molar-refractivity contribution in [3.05, 3.63) is 65.2 Å². The largest absolute Gasteiger partial charge is 0.461 e. The van der Waals surface area contributed by atoms with E-state index in [1.807, 2.05) is 0 Å². The van der Waals surface area contributed by atoms with E-state index in [4.69, 9.17) is 16.3 Å². The fraction of sp³-hybridized carbons (Fsp3) is 0.316. The molecule has 0 saturated carbocycles.